The number of carbonyl (C=O) groups is 3. The minimum Gasteiger partial charge on any atom is -0.444 e. The van der Waals surface area contributed by atoms with Gasteiger partial charge in [0.15, 0.2) is 0 Å². The van der Waals surface area contributed by atoms with Gasteiger partial charge in [0, 0.05) is 12.0 Å². The Morgan fingerprint density at radius 1 is 0.905 bits per heavy atom. The SMILES string of the molecule is CC(C)[C@H](NC(=O)OC(C)(C)C)C(=O)N(CC(O)CO)C(=O)[C@H](Cc1ccccc1)C[C@H](O)[C@@H](N)Cc1ccccc1. The molecular formula is C32H47N3O7. The van der Waals surface area contributed by atoms with Crippen LogP contribution in [0.3, 0.4) is 0 Å². The Balaban J connectivity index is 2.38. The molecule has 0 bridgehead atoms. The number of imide groups is 1. The van der Waals surface area contributed by atoms with Crippen molar-refractivity contribution >= 4 is 17.9 Å². The van der Waals surface area contributed by atoms with Gasteiger partial charge < -0.3 is 31.1 Å². The molecule has 1 unspecified atom stereocenters. The number of rotatable bonds is 14. The number of ether oxygens (including phenoxy) is 1. The molecule has 10 nitrogen and oxygen atoms in total. The predicted molar refractivity (Wildman–Crippen MR) is 160 cm³/mol. The summed E-state index contributed by atoms with van der Waals surface area (Å²) in [6, 6.07) is 16.8. The van der Waals surface area contributed by atoms with E-state index in [1.165, 1.54) is 0 Å². The molecule has 6 N–H and O–H groups in total. The van der Waals surface area contributed by atoms with E-state index in [4.69, 9.17) is 10.5 Å². The highest BCUT2D eigenvalue weighted by Crippen LogP contribution is 2.22. The number of nitrogens with zero attached hydrogens (tertiary/aromatic N) is 1. The standard InChI is InChI=1S/C32H47N3O7/c1-21(2)28(34-31(41)42-32(3,4)5)30(40)35(19-25(37)20-36)29(39)24(16-22-12-8-6-9-13-22)18-27(38)26(33)17-23-14-10-7-11-15-23/h6-15,21,24-28,36-38H,16-20,33H2,1-5H3,(H,34,41)/t24-,25?,26+,27+,28+/m1/s1. The highest BCUT2D eigenvalue weighted by molar-refractivity contribution is 6.00. The van der Waals surface area contributed by atoms with Crippen LogP contribution in [0.5, 0.6) is 0 Å². The minimum atomic E-state index is -1.41. The number of alkyl carbamates (subject to hydrolysis) is 1. The van der Waals surface area contributed by atoms with Crippen molar-refractivity contribution in [2.45, 2.75) is 83.8 Å². The molecule has 0 radical (unpaired) electrons. The van der Waals surface area contributed by atoms with Gasteiger partial charge in [-0.05, 0) is 57.1 Å². The number of amides is 3. The maximum Gasteiger partial charge on any atom is 0.408 e. The molecule has 0 aliphatic rings. The summed E-state index contributed by atoms with van der Waals surface area (Å²) in [6.07, 6.45) is -2.78. The lowest BCUT2D eigenvalue weighted by Gasteiger charge is -2.33. The van der Waals surface area contributed by atoms with Gasteiger partial charge in [-0.3, -0.25) is 14.5 Å². The number of nitrogens with two attached hydrogens (primary N) is 1. The number of aliphatic hydroxyl groups is 3. The van der Waals surface area contributed by atoms with Gasteiger partial charge in [0.2, 0.25) is 5.91 Å². The van der Waals surface area contributed by atoms with Gasteiger partial charge >= 0.3 is 6.09 Å². The van der Waals surface area contributed by atoms with Crippen molar-refractivity contribution in [1.29, 1.82) is 0 Å². The van der Waals surface area contributed by atoms with Crippen LogP contribution in [-0.4, -0.2) is 81.2 Å². The summed E-state index contributed by atoms with van der Waals surface area (Å²) >= 11 is 0. The Hall–Kier alpha value is -3.31. The highest BCUT2D eigenvalue weighted by atomic mass is 16.6. The van der Waals surface area contributed by atoms with E-state index in [-0.39, 0.29) is 12.8 Å². The zero-order valence-corrected chi connectivity index (χ0v) is 25.3. The first-order valence-corrected chi connectivity index (χ1v) is 14.4. The van der Waals surface area contributed by atoms with Gasteiger partial charge in [0.25, 0.3) is 5.91 Å². The smallest absolute Gasteiger partial charge is 0.408 e. The van der Waals surface area contributed by atoms with Crippen LogP contribution in [0.2, 0.25) is 0 Å². The molecule has 42 heavy (non-hydrogen) atoms. The minimum absolute atomic E-state index is 0.0490. The van der Waals surface area contributed by atoms with E-state index in [2.05, 4.69) is 5.32 Å². The average molecular weight is 586 g/mol. The molecule has 2 rings (SSSR count). The van der Waals surface area contributed by atoms with Gasteiger partial charge in [0.05, 0.1) is 25.4 Å². The van der Waals surface area contributed by atoms with Crippen LogP contribution >= 0.6 is 0 Å². The van der Waals surface area contributed by atoms with Crippen LogP contribution in [0.15, 0.2) is 60.7 Å². The van der Waals surface area contributed by atoms with Crippen LogP contribution in [-0.2, 0) is 27.2 Å². The Morgan fingerprint density at radius 3 is 1.90 bits per heavy atom. The first kappa shape index (κ1) is 34.9. The molecule has 5 atom stereocenters. The third-order valence-corrected chi connectivity index (χ3v) is 6.75. The quantitative estimate of drug-likeness (QED) is 0.226. The van der Waals surface area contributed by atoms with Crippen LogP contribution in [0.25, 0.3) is 0 Å². The molecule has 0 saturated heterocycles. The Morgan fingerprint density at radius 2 is 1.43 bits per heavy atom. The first-order chi connectivity index (χ1) is 19.7. The van der Waals surface area contributed by atoms with E-state index in [9.17, 15) is 29.7 Å². The number of benzene rings is 2. The molecule has 0 aliphatic carbocycles. The molecule has 232 valence electrons. The summed E-state index contributed by atoms with van der Waals surface area (Å²) in [6.45, 7) is 7.30. The molecule has 0 heterocycles. The van der Waals surface area contributed by atoms with E-state index in [1.807, 2.05) is 60.7 Å². The summed E-state index contributed by atoms with van der Waals surface area (Å²) < 4.78 is 5.32. The van der Waals surface area contributed by atoms with Gasteiger partial charge in [-0.1, -0.05) is 74.5 Å². The third kappa shape index (κ3) is 11.5. The van der Waals surface area contributed by atoms with Crippen molar-refractivity contribution in [2.75, 3.05) is 13.2 Å². The second-order valence-corrected chi connectivity index (χ2v) is 12.0. The van der Waals surface area contributed by atoms with E-state index >= 15 is 0 Å². The van der Waals surface area contributed by atoms with Crippen LogP contribution in [0, 0.1) is 11.8 Å². The van der Waals surface area contributed by atoms with Crippen molar-refractivity contribution in [3.05, 3.63) is 71.8 Å². The zero-order valence-electron chi connectivity index (χ0n) is 25.3. The van der Waals surface area contributed by atoms with E-state index in [1.54, 1.807) is 34.6 Å². The van der Waals surface area contributed by atoms with Crippen LogP contribution in [0.4, 0.5) is 4.79 Å². The largest absolute Gasteiger partial charge is 0.444 e. The van der Waals surface area contributed by atoms with Crippen molar-refractivity contribution in [2.24, 2.45) is 17.6 Å². The molecular weight excluding hydrogens is 538 g/mol. The summed E-state index contributed by atoms with van der Waals surface area (Å²) in [5, 5.41) is 33.5. The average Bonchev–Trinajstić information content (AvgIpc) is 2.93. The Kier molecular flexibility index (Phi) is 13.6. The van der Waals surface area contributed by atoms with Crippen molar-refractivity contribution < 1.29 is 34.4 Å². The number of nitrogens with one attached hydrogen (secondary N) is 1. The maximum absolute atomic E-state index is 14.1. The fourth-order valence-corrected chi connectivity index (χ4v) is 4.55. The third-order valence-electron chi connectivity index (χ3n) is 6.75. The summed E-state index contributed by atoms with van der Waals surface area (Å²) in [7, 11) is 0. The topological polar surface area (TPSA) is 162 Å². The predicted octanol–water partition coefficient (Wildman–Crippen LogP) is 2.42. The summed E-state index contributed by atoms with van der Waals surface area (Å²) in [5.41, 5.74) is 7.28. The number of hydrogen-bond acceptors (Lipinski definition) is 8. The molecule has 0 aliphatic heterocycles. The molecule has 2 aromatic carbocycles. The van der Waals surface area contributed by atoms with Gasteiger partial charge in [-0.2, -0.15) is 0 Å². The maximum atomic E-state index is 14.1. The van der Waals surface area contributed by atoms with Crippen LogP contribution < -0.4 is 11.1 Å². The highest BCUT2D eigenvalue weighted by Gasteiger charge is 2.38. The molecule has 0 fully saturated rings. The van der Waals surface area contributed by atoms with Gasteiger partial charge in [0.1, 0.15) is 11.6 Å². The molecule has 0 aromatic heterocycles. The normalized spacial score (nSPS) is 15.3. The van der Waals surface area contributed by atoms with Crippen molar-refractivity contribution in [1.82, 2.24) is 10.2 Å². The molecule has 0 saturated carbocycles. The van der Waals surface area contributed by atoms with E-state index < -0.39 is 72.8 Å². The van der Waals surface area contributed by atoms with Gasteiger partial charge in [-0.15, -0.1) is 0 Å². The fraction of sp³-hybridized carbons (Fsp3) is 0.531. The van der Waals surface area contributed by atoms with E-state index in [0.717, 1.165) is 16.0 Å². The fourth-order valence-electron chi connectivity index (χ4n) is 4.55. The van der Waals surface area contributed by atoms with Crippen molar-refractivity contribution in [3.8, 4) is 0 Å². The summed E-state index contributed by atoms with van der Waals surface area (Å²) in [4.78, 5) is 41.4. The molecule has 2 aromatic rings. The lowest BCUT2D eigenvalue weighted by Crippen LogP contribution is -2.56. The lowest BCUT2D eigenvalue weighted by atomic mass is 9.88. The Bertz CT molecular complexity index is 1120. The lowest BCUT2D eigenvalue weighted by molar-refractivity contribution is -0.152. The Labute approximate surface area is 248 Å². The van der Waals surface area contributed by atoms with Crippen molar-refractivity contribution in [3.63, 3.8) is 0 Å². The number of aliphatic hydroxyl groups excluding tert-OH is 3. The van der Waals surface area contributed by atoms with Crippen LogP contribution in [0.1, 0.15) is 52.2 Å². The van der Waals surface area contributed by atoms with E-state index in [0.29, 0.717) is 6.42 Å². The summed E-state index contributed by atoms with van der Waals surface area (Å²) in [5.74, 6) is -2.74. The molecule has 10 heteroatoms. The number of hydrogen-bond donors (Lipinski definition) is 5. The zero-order chi connectivity index (χ0) is 31.4. The first-order valence-electron chi connectivity index (χ1n) is 14.4. The number of carbonyl (C=O) groups excluding carboxylic acids is 3. The second-order valence-electron chi connectivity index (χ2n) is 12.0. The monoisotopic (exact) mass is 585 g/mol. The molecule has 0 spiro atoms. The second kappa shape index (κ2) is 16.4. The molecule has 3 amide bonds. The van der Waals surface area contributed by atoms with Gasteiger partial charge in [-0.25, -0.2) is 4.79 Å².